The number of hydrogen-bond acceptors (Lipinski definition) is 3. The molecule has 3 amide bonds. The van der Waals surface area contributed by atoms with Gasteiger partial charge in [0.2, 0.25) is 5.91 Å². The van der Waals surface area contributed by atoms with Crippen LogP contribution in [0.2, 0.25) is 0 Å². The maximum Gasteiger partial charge on any atom is 0.262 e. The van der Waals surface area contributed by atoms with E-state index in [0.717, 1.165) is 30.6 Å². The number of hydrogen-bond donors (Lipinski definition) is 0. The molecule has 0 N–H and O–H groups in total. The molecule has 0 bridgehead atoms. The molecule has 1 aliphatic heterocycles. The van der Waals surface area contributed by atoms with Crippen LogP contribution in [0.25, 0.3) is 0 Å². The van der Waals surface area contributed by atoms with E-state index in [4.69, 9.17) is 0 Å². The van der Waals surface area contributed by atoms with Gasteiger partial charge < -0.3 is 4.90 Å². The molecule has 1 aromatic carbocycles. The second-order valence-corrected chi connectivity index (χ2v) is 6.80. The Balaban J connectivity index is 1.76. The van der Waals surface area contributed by atoms with E-state index in [-0.39, 0.29) is 23.8 Å². The highest BCUT2D eigenvalue weighted by molar-refractivity contribution is 6.22. The fourth-order valence-electron chi connectivity index (χ4n) is 3.79. The van der Waals surface area contributed by atoms with Crippen LogP contribution in [0.1, 0.15) is 66.2 Å². The molecule has 1 aliphatic carbocycles. The quantitative estimate of drug-likeness (QED) is 0.633. The van der Waals surface area contributed by atoms with Crippen LogP contribution in [0.3, 0.4) is 0 Å². The number of nitrogens with zero attached hydrogens (tertiary/aromatic N) is 2. The lowest BCUT2D eigenvalue weighted by Crippen LogP contribution is -2.50. The summed E-state index contributed by atoms with van der Waals surface area (Å²) in [5.74, 6) is -0.896. The molecule has 1 aromatic rings. The fraction of sp³-hybridized carbons (Fsp3) is 0.526. The lowest BCUT2D eigenvalue weighted by molar-refractivity contribution is -0.135. The monoisotopic (exact) mass is 328 g/mol. The molecule has 0 spiro atoms. The SMILES string of the molecule is CC(C(=O)N(C)C1CCCCCC1)N1C(=O)c2ccccc2C1=O. The summed E-state index contributed by atoms with van der Waals surface area (Å²) in [5, 5.41) is 0. The smallest absolute Gasteiger partial charge is 0.262 e. The Hall–Kier alpha value is -2.17. The summed E-state index contributed by atoms with van der Waals surface area (Å²) in [6.07, 6.45) is 6.68. The van der Waals surface area contributed by atoms with Crippen LogP contribution in [-0.2, 0) is 4.79 Å². The number of imide groups is 1. The van der Waals surface area contributed by atoms with Gasteiger partial charge in [-0.3, -0.25) is 19.3 Å². The number of amides is 3. The third-order valence-corrected chi connectivity index (χ3v) is 5.29. The summed E-state index contributed by atoms with van der Waals surface area (Å²) >= 11 is 0. The normalized spacial score (nSPS) is 19.8. The number of likely N-dealkylation sites (N-methyl/N-ethyl adjacent to an activating group) is 1. The van der Waals surface area contributed by atoms with Crippen molar-refractivity contribution in [2.45, 2.75) is 57.5 Å². The molecule has 24 heavy (non-hydrogen) atoms. The van der Waals surface area contributed by atoms with Crippen molar-refractivity contribution in [1.82, 2.24) is 9.80 Å². The minimum Gasteiger partial charge on any atom is -0.341 e. The van der Waals surface area contributed by atoms with Gasteiger partial charge in [0.15, 0.2) is 0 Å². The van der Waals surface area contributed by atoms with Gasteiger partial charge in [0.1, 0.15) is 6.04 Å². The first-order chi connectivity index (χ1) is 11.5. The lowest BCUT2D eigenvalue weighted by Gasteiger charge is -2.32. The van der Waals surface area contributed by atoms with Gasteiger partial charge in [-0.1, -0.05) is 37.8 Å². The molecule has 3 rings (SSSR count). The van der Waals surface area contributed by atoms with E-state index >= 15 is 0 Å². The topological polar surface area (TPSA) is 57.7 Å². The van der Waals surface area contributed by atoms with Crippen molar-refractivity contribution in [3.8, 4) is 0 Å². The number of rotatable bonds is 3. The minimum absolute atomic E-state index is 0.156. The van der Waals surface area contributed by atoms with E-state index < -0.39 is 6.04 Å². The molecular formula is C19H24N2O3. The van der Waals surface area contributed by atoms with Crippen LogP contribution in [-0.4, -0.2) is 46.7 Å². The standard InChI is InChI=1S/C19H24N2O3/c1-13(17(22)20(2)14-9-5-3-4-6-10-14)21-18(23)15-11-7-8-12-16(15)19(21)24/h7-8,11-14H,3-6,9-10H2,1-2H3. The van der Waals surface area contributed by atoms with Crippen molar-refractivity contribution < 1.29 is 14.4 Å². The zero-order valence-corrected chi connectivity index (χ0v) is 14.3. The summed E-state index contributed by atoms with van der Waals surface area (Å²) in [5.41, 5.74) is 0.776. The Morgan fingerprint density at radius 3 is 2.04 bits per heavy atom. The maximum atomic E-state index is 12.9. The summed E-state index contributed by atoms with van der Waals surface area (Å²) in [6.45, 7) is 1.65. The van der Waals surface area contributed by atoms with Gasteiger partial charge >= 0.3 is 0 Å². The molecule has 2 aliphatic rings. The molecule has 0 radical (unpaired) electrons. The van der Waals surface area contributed by atoms with Gasteiger partial charge in [-0.25, -0.2) is 0 Å². The van der Waals surface area contributed by atoms with Gasteiger partial charge in [-0.2, -0.15) is 0 Å². The van der Waals surface area contributed by atoms with E-state index in [0.29, 0.717) is 11.1 Å². The summed E-state index contributed by atoms with van der Waals surface area (Å²) in [6, 6.07) is 6.18. The summed E-state index contributed by atoms with van der Waals surface area (Å²) in [4.78, 5) is 40.8. The van der Waals surface area contributed by atoms with E-state index in [1.54, 1.807) is 43.1 Å². The largest absolute Gasteiger partial charge is 0.341 e. The van der Waals surface area contributed by atoms with Crippen LogP contribution in [0.15, 0.2) is 24.3 Å². The highest BCUT2D eigenvalue weighted by atomic mass is 16.2. The molecule has 5 nitrogen and oxygen atoms in total. The average molecular weight is 328 g/mol. The first kappa shape index (κ1) is 16.7. The van der Waals surface area contributed by atoms with Crippen molar-refractivity contribution in [3.05, 3.63) is 35.4 Å². The first-order valence-corrected chi connectivity index (χ1v) is 8.76. The molecule has 0 saturated heterocycles. The third-order valence-electron chi connectivity index (χ3n) is 5.29. The van der Waals surface area contributed by atoms with Crippen molar-refractivity contribution in [3.63, 3.8) is 0 Å². The van der Waals surface area contributed by atoms with E-state index in [9.17, 15) is 14.4 Å². The van der Waals surface area contributed by atoms with Crippen LogP contribution in [0.4, 0.5) is 0 Å². The first-order valence-electron chi connectivity index (χ1n) is 8.76. The van der Waals surface area contributed by atoms with Crippen LogP contribution >= 0.6 is 0 Å². The number of fused-ring (bicyclic) bond motifs is 1. The number of carbonyl (C=O) groups excluding carboxylic acids is 3. The minimum atomic E-state index is -0.773. The second kappa shape index (κ2) is 6.75. The fourth-order valence-corrected chi connectivity index (χ4v) is 3.79. The Kier molecular flexibility index (Phi) is 4.69. The van der Waals surface area contributed by atoms with E-state index in [1.807, 2.05) is 0 Å². The number of carbonyl (C=O) groups is 3. The van der Waals surface area contributed by atoms with Gasteiger partial charge in [-0.15, -0.1) is 0 Å². The van der Waals surface area contributed by atoms with Gasteiger partial charge in [0.05, 0.1) is 11.1 Å². The molecular weight excluding hydrogens is 304 g/mol. The molecule has 1 heterocycles. The number of benzene rings is 1. The zero-order valence-electron chi connectivity index (χ0n) is 14.3. The summed E-state index contributed by atoms with van der Waals surface area (Å²) < 4.78 is 0. The molecule has 1 unspecified atom stereocenters. The molecule has 1 saturated carbocycles. The van der Waals surface area contributed by atoms with Gasteiger partial charge in [0, 0.05) is 13.1 Å². The lowest BCUT2D eigenvalue weighted by atomic mass is 10.1. The van der Waals surface area contributed by atoms with E-state index in [1.165, 1.54) is 12.8 Å². The molecule has 1 atom stereocenters. The average Bonchev–Trinajstić information content (AvgIpc) is 2.80. The molecule has 128 valence electrons. The Morgan fingerprint density at radius 2 is 1.54 bits per heavy atom. The third kappa shape index (κ3) is 2.83. The summed E-state index contributed by atoms with van der Waals surface area (Å²) in [7, 11) is 1.80. The Morgan fingerprint density at radius 1 is 1.04 bits per heavy atom. The molecule has 5 heteroatoms. The van der Waals surface area contributed by atoms with Crippen molar-refractivity contribution in [2.75, 3.05) is 7.05 Å². The maximum absolute atomic E-state index is 12.9. The van der Waals surface area contributed by atoms with Gasteiger partial charge in [-0.05, 0) is 31.9 Å². The van der Waals surface area contributed by atoms with Crippen molar-refractivity contribution in [1.29, 1.82) is 0 Å². The van der Waals surface area contributed by atoms with Gasteiger partial charge in [0.25, 0.3) is 11.8 Å². The van der Waals surface area contributed by atoms with Crippen LogP contribution in [0, 0.1) is 0 Å². The highest BCUT2D eigenvalue weighted by Crippen LogP contribution is 2.26. The van der Waals surface area contributed by atoms with Crippen LogP contribution in [0.5, 0.6) is 0 Å². The molecule has 1 fully saturated rings. The zero-order chi connectivity index (χ0) is 17.3. The van der Waals surface area contributed by atoms with Crippen molar-refractivity contribution >= 4 is 17.7 Å². The second-order valence-electron chi connectivity index (χ2n) is 6.80. The highest BCUT2D eigenvalue weighted by Gasteiger charge is 2.41. The predicted molar refractivity (Wildman–Crippen MR) is 90.7 cm³/mol. The molecule has 0 aromatic heterocycles. The Bertz CT molecular complexity index is 627. The Labute approximate surface area is 142 Å². The van der Waals surface area contributed by atoms with E-state index in [2.05, 4.69) is 0 Å². The van der Waals surface area contributed by atoms with Crippen LogP contribution < -0.4 is 0 Å². The van der Waals surface area contributed by atoms with Crippen molar-refractivity contribution in [2.24, 2.45) is 0 Å². The predicted octanol–water partition coefficient (Wildman–Crippen LogP) is 2.85.